The van der Waals surface area contributed by atoms with Crippen LogP contribution in [0.25, 0.3) is 0 Å². The number of rotatable bonds is 5. The van der Waals surface area contributed by atoms with Crippen molar-refractivity contribution in [3.8, 4) is 0 Å². The number of amides is 1. The van der Waals surface area contributed by atoms with E-state index < -0.39 is 11.4 Å². The highest BCUT2D eigenvalue weighted by Crippen LogP contribution is 2.48. The summed E-state index contributed by atoms with van der Waals surface area (Å²) in [6.45, 7) is 1.70. The maximum Gasteiger partial charge on any atom is 0.305 e. The molecule has 0 spiro atoms. The Morgan fingerprint density at radius 2 is 1.95 bits per heavy atom. The van der Waals surface area contributed by atoms with Gasteiger partial charge in [-0.1, -0.05) is 23.7 Å². The van der Waals surface area contributed by atoms with E-state index in [2.05, 4.69) is 5.32 Å². The SMILES string of the molecule is CC(CC(=O)O)NC(=O)C1(c2ccc(Cl)cc2)CC1. The normalized spacial score (nSPS) is 17.6. The zero-order valence-corrected chi connectivity index (χ0v) is 11.4. The second-order valence-electron chi connectivity index (χ2n) is 5.06. The van der Waals surface area contributed by atoms with Crippen molar-refractivity contribution in [2.75, 3.05) is 0 Å². The van der Waals surface area contributed by atoms with Gasteiger partial charge in [0.15, 0.2) is 0 Å². The van der Waals surface area contributed by atoms with Crippen LogP contribution in [-0.2, 0) is 15.0 Å². The Hall–Kier alpha value is -1.55. The molecule has 0 radical (unpaired) electrons. The molecule has 19 heavy (non-hydrogen) atoms. The van der Waals surface area contributed by atoms with Crippen molar-refractivity contribution >= 4 is 23.5 Å². The van der Waals surface area contributed by atoms with Crippen LogP contribution in [0.4, 0.5) is 0 Å². The van der Waals surface area contributed by atoms with E-state index in [1.54, 1.807) is 19.1 Å². The number of carboxylic acid groups (broad SMARTS) is 1. The molecule has 0 aliphatic heterocycles. The zero-order chi connectivity index (χ0) is 14.0. The topological polar surface area (TPSA) is 66.4 Å². The summed E-state index contributed by atoms with van der Waals surface area (Å²) in [6.07, 6.45) is 1.52. The minimum atomic E-state index is -0.913. The standard InChI is InChI=1S/C14H16ClNO3/c1-9(8-12(17)18)16-13(19)14(6-7-14)10-2-4-11(15)5-3-10/h2-5,9H,6-8H2,1H3,(H,16,19)(H,17,18). The molecule has 1 amide bonds. The van der Waals surface area contributed by atoms with Gasteiger partial charge in [0.05, 0.1) is 11.8 Å². The lowest BCUT2D eigenvalue weighted by Crippen LogP contribution is -2.41. The van der Waals surface area contributed by atoms with E-state index >= 15 is 0 Å². The third-order valence-corrected chi connectivity index (χ3v) is 3.69. The Balaban J connectivity index is 2.06. The zero-order valence-electron chi connectivity index (χ0n) is 10.6. The van der Waals surface area contributed by atoms with E-state index in [4.69, 9.17) is 16.7 Å². The first-order valence-corrected chi connectivity index (χ1v) is 6.61. The van der Waals surface area contributed by atoms with E-state index in [1.165, 1.54) is 0 Å². The molecule has 1 saturated carbocycles. The fourth-order valence-electron chi connectivity index (χ4n) is 2.22. The molecule has 1 aliphatic carbocycles. The Morgan fingerprint density at radius 1 is 1.37 bits per heavy atom. The van der Waals surface area contributed by atoms with E-state index in [9.17, 15) is 9.59 Å². The predicted molar refractivity (Wildman–Crippen MR) is 72.2 cm³/mol. The van der Waals surface area contributed by atoms with E-state index in [-0.39, 0.29) is 18.4 Å². The quantitative estimate of drug-likeness (QED) is 0.871. The summed E-state index contributed by atoms with van der Waals surface area (Å²) in [4.78, 5) is 22.9. The number of hydrogen-bond acceptors (Lipinski definition) is 2. The molecule has 1 aromatic carbocycles. The highest BCUT2D eigenvalue weighted by molar-refractivity contribution is 6.30. The molecular formula is C14H16ClNO3. The van der Waals surface area contributed by atoms with Crippen LogP contribution in [0, 0.1) is 0 Å². The molecule has 2 N–H and O–H groups in total. The molecule has 0 bridgehead atoms. The Morgan fingerprint density at radius 3 is 2.42 bits per heavy atom. The van der Waals surface area contributed by atoms with Crippen molar-refractivity contribution in [3.63, 3.8) is 0 Å². The molecule has 2 rings (SSSR count). The highest BCUT2D eigenvalue weighted by Gasteiger charge is 2.51. The van der Waals surface area contributed by atoms with E-state index in [0.29, 0.717) is 5.02 Å². The van der Waals surface area contributed by atoms with Gasteiger partial charge in [-0.25, -0.2) is 0 Å². The minimum Gasteiger partial charge on any atom is -0.481 e. The number of aliphatic carboxylic acids is 1. The number of carboxylic acids is 1. The van der Waals surface area contributed by atoms with Crippen molar-refractivity contribution in [2.45, 2.75) is 37.6 Å². The maximum absolute atomic E-state index is 12.3. The number of carbonyl (C=O) groups is 2. The van der Waals surface area contributed by atoms with Gasteiger partial charge in [-0.05, 0) is 37.5 Å². The monoisotopic (exact) mass is 281 g/mol. The summed E-state index contributed by atoms with van der Waals surface area (Å²) in [7, 11) is 0. The van der Waals surface area contributed by atoms with Crippen LogP contribution in [0.3, 0.4) is 0 Å². The average Bonchev–Trinajstić information content (AvgIpc) is 3.09. The minimum absolute atomic E-state index is 0.0670. The third-order valence-electron chi connectivity index (χ3n) is 3.44. The fraction of sp³-hybridized carbons (Fsp3) is 0.429. The van der Waals surface area contributed by atoms with Gasteiger partial charge >= 0.3 is 5.97 Å². The first-order valence-electron chi connectivity index (χ1n) is 6.23. The number of halogens is 1. The van der Waals surface area contributed by atoms with Crippen LogP contribution in [0.2, 0.25) is 5.02 Å². The summed E-state index contributed by atoms with van der Waals surface area (Å²) in [5, 5.41) is 12.1. The molecule has 0 saturated heterocycles. The largest absolute Gasteiger partial charge is 0.481 e. The van der Waals surface area contributed by atoms with Crippen molar-refractivity contribution in [1.29, 1.82) is 0 Å². The van der Waals surface area contributed by atoms with E-state index in [1.807, 2.05) is 12.1 Å². The van der Waals surface area contributed by atoms with Gasteiger partial charge in [0.2, 0.25) is 5.91 Å². The van der Waals surface area contributed by atoms with Crippen LogP contribution in [0.5, 0.6) is 0 Å². The first-order chi connectivity index (χ1) is 8.94. The summed E-state index contributed by atoms with van der Waals surface area (Å²) < 4.78 is 0. The summed E-state index contributed by atoms with van der Waals surface area (Å²) >= 11 is 5.84. The lowest BCUT2D eigenvalue weighted by molar-refractivity contribution is -0.137. The number of nitrogens with one attached hydrogen (secondary N) is 1. The molecule has 1 unspecified atom stereocenters. The van der Waals surface area contributed by atoms with Crippen molar-refractivity contribution < 1.29 is 14.7 Å². The average molecular weight is 282 g/mol. The summed E-state index contributed by atoms with van der Waals surface area (Å²) in [5.74, 6) is -1.01. The predicted octanol–water partition coefficient (Wildman–Crippen LogP) is 2.35. The lowest BCUT2D eigenvalue weighted by Gasteiger charge is -2.19. The molecular weight excluding hydrogens is 266 g/mol. The summed E-state index contributed by atoms with van der Waals surface area (Å²) in [6, 6.07) is 6.89. The maximum atomic E-state index is 12.3. The lowest BCUT2D eigenvalue weighted by atomic mass is 9.94. The van der Waals surface area contributed by atoms with Gasteiger partial charge in [-0.15, -0.1) is 0 Å². The van der Waals surface area contributed by atoms with Gasteiger partial charge in [0.1, 0.15) is 0 Å². The van der Waals surface area contributed by atoms with E-state index in [0.717, 1.165) is 18.4 Å². The third kappa shape index (κ3) is 3.07. The Labute approximate surface area is 116 Å². The van der Waals surface area contributed by atoms with Crippen molar-refractivity contribution in [3.05, 3.63) is 34.9 Å². The molecule has 1 aromatic rings. The van der Waals surface area contributed by atoms with Crippen LogP contribution < -0.4 is 5.32 Å². The van der Waals surface area contributed by atoms with Gasteiger partial charge < -0.3 is 10.4 Å². The van der Waals surface area contributed by atoms with Crippen LogP contribution in [0.15, 0.2) is 24.3 Å². The van der Waals surface area contributed by atoms with Gasteiger partial charge in [0.25, 0.3) is 0 Å². The number of carbonyl (C=O) groups excluding carboxylic acids is 1. The summed E-state index contributed by atoms with van der Waals surface area (Å²) in [5.41, 5.74) is 0.453. The molecule has 4 nitrogen and oxygen atoms in total. The first kappa shape index (κ1) is 13.9. The molecule has 1 aliphatic rings. The van der Waals surface area contributed by atoms with Crippen LogP contribution in [-0.4, -0.2) is 23.0 Å². The van der Waals surface area contributed by atoms with Gasteiger partial charge in [-0.2, -0.15) is 0 Å². The smallest absolute Gasteiger partial charge is 0.305 e. The molecule has 0 heterocycles. The second-order valence-corrected chi connectivity index (χ2v) is 5.50. The van der Waals surface area contributed by atoms with Crippen molar-refractivity contribution in [1.82, 2.24) is 5.32 Å². The fourth-order valence-corrected chi connectivity index (χ4v) is 2.34. The Bertz CT molecular complexity index is 494. The molecule has 102 valence electrons. The number of benzene rings is 1. The number of hydrogen-bond donors (Lipinski definition) is 2. The second kappa shape index (κ2) is 5.21. The molecule has 5 heteroatoms. The molecule has 1 atom stereocenters. The highest BCUT2D eigenvalue weighted by atomic mass is 35.5. The Kier molecular flexibility index (Phi) is 3.80. The van der Waals surface area contributed by atoms with Crippen molar-refractivity contribution in [2.24, 2.45) is 0 Å². The molecule has 0 aromatic heterocycles. The molecule has 1 fully saturated rings. The van der Waals surface area contributed by atoms with Crippen LogP contribution in [0.1, 0.15) is 31.7 Å². The van der Waals surface area contributed by atoms with Gasteiger partial charge in [-0.3, -0.25) is 9.59 Å². The van der Waals surface area contributed by atoms with Crippen LogP contribution >= 0.6 is 11.6 Å². The van der Waals surface area contributed by atoms with Gasteiger partial charge in [0, 0.05) is 11.1 Å².